The van der Waals surface area contributed by atoms with Crippen molar-refractivity contribution in [3.63, 3.8) is 0 Å². The molecular formula is C15H8O9S. The second-order valence-corrected chi connectivity index (χ2v) is 6.52. The number of benzene rings is 2. The molecule has 1 aliphatic rings. The van der Waals surface area contributed by atoms with Gasteiger partial charge in [0.05, 0.1) is 22.3 Å². The number of carbonyl (C=O) groups is 3. The third kappa shape index (κ3) is 2.27. The van der Waals surface area contributed by atoms with Gasteiger partial charge < -0.3 is 15.3 Å². The number of phenols is 2. The number of carboxylic acids is 1. The normalized spacial score (nSPS) is 13.3. The monoisotopic (exact) mass is 364 g/mol. The first-order valence-electron chi connectivity index (χ1n) is 6.57. The Morgan fingerprint density at radius 1 is 0.920 bits per heavy atom. The summed E-state index contributed by atoms with van der Waals surface area (Å²) in [5.74, 6) is -5.59. The second kappa shape index (κ2) is 5.13. The molecule has 4 N–H and O–H groups in total. The van der Waals surface area contributed by atoms with Gasteiger partial charge in [-0.15, -0.1) is 0 Å². The molecule has 0 unspecified atom stereocenters. The molecule has 9 nitrogen and oxygen atoms in total. The number of carboxylic acid groups (broad SMARTS) is 1. The van der Waals surface area contributed by atoms with Crippen molar-refractivity contribution in [2.24, 2.45) is 0 Å². The highest BCUT2D eigenvalue weighted by molar-refractivity contribution is 7.86. The van der Waals surface area contributed by atoms with E-state index in [1.54, 1.807) is 0 Å². The number of ketones is 2. The SMILES string of the molecule is O=C(O)c1cc(O)c2c(c1S(=O)(=O)O)C(=O)c1cccc(O)c1C2=O. The maximum atomic E-state index is 12.7. The van der Waals surface area contributed by atoms with E-state index in [0.29, 0.717) is 6.07 Å². The van der Waals surface area contributed by atoms with Crippen molar-refractivity contribution in [1.82, 2.24) is 0 Å². The first-order chi connectivity index (χ1) is 11.6. The van der Waals surface area contributed by atoms with Crippen LogP contribution < -0.4 is 0 Å². The van der Waals surface area contributed by atoms with Crippen molar-refractivity contribution < 1.29 is 42.7 Å². The highest BCUT2D eigenvalue weighted by Gasteiger charge is 2.41. The summed E-state index contributed by atoms with van der Waals surface area (Å²) in [6, 6.07) is 3.90. The van der Waals surface area contributed by atoms with Crippen LogP contribution in [0, 0.1) is 0 Å². The number of rotatable bonds is 2. The molecule has 2 aromatic rings. The summed E-state index contributed by atoms with van der Waals surface area (Å²) < 4.78 is 32.7. The number of aromatic hydroxyl groups is 2. The molecule has 25 heavy (non-hydrogen) atoms. The molecule has 0 saturated heterocycles. The van der Waals surface area contributed by atoms with E-state index in [9.17, 15) is 37.6 Å². The van der Waals surface area contributed by atoms with Gasteiger partial charge in [-0.3, -0.25) is 14.1 Å². The fourth-order valence-electron chi connectivity index (χ4n) is 2.75. The minimum absolute atomic E-state index is 0.385. The lowest BCUT2D eigenvalue weighted by atomic mass is 9.82. The molecule has 0 saturated carbocycles. The lowest BCUT2D eigenvalue weighted by Crippen LogP contribution is -2.26. The van der Waals surface area contributed by atoms with Crippen LogP contribution in [0.5, 0.6) is 11.5 Å². The zero-order valence-corrected chi connectivity index (χ0v) is 12.9. The summed E-state index contributed by atoms with van der Waals surface area (Å²) >= 11 is 0. The Bertz CT molecular complexity index is 1100. The zero-order chi connectivity index (χ0) is 18.7. The van der Waals surface area contributed by atoms with Crippen LogP contribution in [0.2, 0.25) is 0 Å². The smallest absolute Gasteiger partial charge is 0.337 e. The minimum Gasteiger partial charge on any atom is -0.507 e. The van der Waals surface area contributed by atoms with E-state index in [4.69, 9.17) is 5.11 Å². The fourth-order valence-corrected chi connectivity index (χ4v) is 3.63. The van der Waals surface area contributed by atoms with Crippen LogP contribution in [0.3, 0.4) is 0 Å². The predicted molar refractivity (Wildman–Crippen MR) is 79.9 cm³/mol. The van der Waals surface area contributed by atoms with Gasteiger partial charge in [0.1, 0.15) is 16.4 Å². The molecular weight excluding hydrogens is 356 g/mol. The van der Waals surface area contributed by atoms with E-state index in [1.807, 2.05) is 0 Å². The third-order valence-corrected chi connectivity index (χ3v) is 4.66. The Morgan fingerprint density at radius 3 is 2.12 bits per heavy atom. The molecule has 0 heterocycles. The van der Waals surface area contributed by atoms with Gasteiger partial charge in [0.15, 0.2) is 5.78 Å². The molecule has 0 bridgehead atoms. The average molecular weight is 364 g/mol. The Kier molecular flexibility index (Phi) is 3.41. The van der Waals surface area contributed by atoms with Gasteiger partial charge in [0.25, 0.3) is 10.1 Å². The fraction of sp³-hybridized carbons (Fsp3) is 0. The molecule has 0 aromatic heterocycles. The largest absolute Gasteiger partial charge is 0.507 e. The summed E-state index contributed by atoms with van der Waals surface area (Å²) in [4.78, 5) is 35.2. The molecule has 1 aliphatic carbocycles. The number of carbonyl (C=O) groups excluding carboxylic acids is 2. The van der Waals surface area contributed by atoms with Crippen molar-refractivity contribution in [2.75, 3.05) is 0 Å². The maximum Gasteiger partial charge on any atom is 0.337 e. The lowest BCUT2D eigenvalue weighted by Gasteiger charge is -2.21. The van der Waals surface area contributed by atoms with Crippen molar-refractivity contribution in [1.29, 1.82) is 0 Å². The summed E-state index contributed by atoms with van der Waals surface area (Å²) in [7, 11) is -5.23. The van der Waals surface area contributed by atoms with Gasteiger partial charge in [-0.05, 0) is 12.1 Å². The molecule has 3 rings (SSSR count). The Balaban J connectivity index is 2.55. The molecule has 10 heteroatoms. The van der Waals surface area contributed by atoms with Crippen LogP contribution in [-0.4, -0.2) is 45.8 Å². The van der Waals surface area contributed by atoms with Crippen molar-refractivity contribution in [3.05, 3.63) is 52.1 Å². The van der Waals surface area contributed by atoms with E-state index in [2.05, 4.69) is 0 Å². The van der Waals surface area contributed by atoms with Gasteiger partial charge in [0, 0.05) is 5.56 Å². The van der Waals surface area contributed by atoms with Gasteiger partial charge in [-0.1, -0.05) is 12.1 Å². The lowest BCUT2D eigenvalue weighted by molar-refractivity contribution is 0.0691. The number of fused-ring (bicyclic) bond motifs is 2. The Morgan fingerprint density at radius 2 is 1.56 bits per heavy atom. The van der Waals surface area contributed by atoms with E-state index in [1.165, 1.54) is 6.07 Å². The summed E-state index contributed by atoms with van der Waals surface area (Å²) in [5.41, 5.74) is -3.67. The molecule has 0 fully saturated rings. The predicted octanol–water partition coefficient (Wildman–Crippen LogP) is 0.818. The van der Waals surface area contributed by atoms with Gasteiger partial charge in [-0.25, -0.2) is 4.79 Å². The van der Waals surface area contributed by atoms with Crippen LogP contribution in [0.15, 0.2) is 29.2 Å². The van der Waals surface area contributed by atoms with Crippen LogP contribution in [0.1, 0.15) is 42.2 Å². The quantitative estimate of drug-likeness (QED) is 0.481. The van der Waals surface area contributed by atoms with Crippen molar-refractivity contribution in [3.8, 4) is 11.5 Å². The summed E-state index contributed by atoms with van der Waals surface area (Å²) in [6.45, 7) is 0. The first-order valence-corrected chi connectivity index (χ1v) is 8.01. The van der Waals surface area contributed by atoms with E-state index < -0.39 is 66.3 Å². The van der Waals surface area contributed by atoms with Crippen LogP contribution in [-0.2, 0) is 10.1 Å². The summed E-state index contributed by atoms with van der Waals surface area (Å²) in [6.07, 6.45) is 0. The van der Waals surface area contributed by atoms with Gasteiger partial charge in [0.2, 0.25) is 5.78 Å². The van der Waals surface area contributed by atoms with E-state index in [0.717, 1.165) is 12.1 Å². The van der Waals surface area contributed by atoms with Crippen molar-refractivity contribution in [2.45, 2.75) is 4.90 Å². The van der Waals surface area contributed by atoms with Gasteiger partial charge >= 0.3 is 5.97 Å². The molecule has 0 radical (unpaired) electrons. The van der Waals surface area contributed by atoms with E-state index in [-0.39, 0.29) is 5.56 Å². The first kappa shape index (κ1) is 16.6. The van der Waals surface area contributed by atoms with Crippen molar-refractivity contribution >= 4 is 27.7 Å². The number of aromatic carboxylic acids is 1. The maximum absolute atomic E-state index is 12.7. The Hall–Kier alpha value is -3.24. The van der Waals surface area contributed by atoms with E-state index >= 15 is 0 Å². The average Bonchev–Trinajstić information content (AvgIpc) is 2.50. The Labute approximate surface area is 139 Å². The molecule has 2 aromatic carbocycles. The van der Waals surface area contributed by atoms with Crippen LogP contribution in [0.25, 0.3) is 0 Å². The highest BCUT2D eigenvalue weighted by atomic mass is 32.2. The highest BCUT2D eigenvalue weighted by Crippen LogP contribution is 2.40. The molecule has 0 spiro atoms. The third-order valence-electron chi connectivity index (χ3n) is 3.72. The molecule has 0 amide bonds. The number of hydrogen-bond acceptors (Lipinski definition) is 7. The van der Waals surface area contributed by atoms with Crippen LogP contribution in [0.4, 0.5) is 0 Å². The van der Waals surface area contributed by atoms with Gasteiger partial charge in [-0.2, -0.15) is 8.42 Å². The zero-order valence-electron chi connectivity index (χ0n) is 12.0. The minimum atomic E-state index is -5.23. The number of phenolic OH excluding ortho intramolecular Hbond substituents is 2. The molecule has 0 aliphatic heterocycles. The topological polar surface area (TPSA) is 166 Å². The van der Waals surface area contributed by atoms with Crippen LogP contribution >= 0.6 is 0 Å². The summed E-state index contributed by atoms with van der Waals surface area (Å²) in [5, 5.41) is 28.9. The molecule has 0 atom stereocenters. The standard InChI is InChI=1S/C15H8O9S/c16-7-3-1-2-5-9(7)13(19)10-8(17)4-6(15(20)21)14(25(22,23)24)11(10)12(5)18/h1-4,16-17H,(H,20,21)(H,22,23,24). The molecule has 128 valence electrons. The second-order valence-electron chi connectivity index (χ2n) is 5.16. The number of hydrogen-bond donors (Lipinski definition) is 4.